The van der Waals surface area contributed by atoms with Gasteiger partial charge in [0.15, 0.2) is 0 Å². The van der Waals surface area contributed by atoms with Crippen molar-refractivity contribution in [3.8, 4) is 0 Å². The molecule has 2 saturated heterocycles. The van der Waals surface area contributed by atoms with Crippen molar-refractivity contribution in [1.82, 2.24) is 0 Å². The molecule has 2 heterocycles. The average molecular weight is 160 g/mol. The van der Waals surface area contributed by atoms with Crippen molar-refractivity contribution >= 4 is 14.6 Å². The van der Waals surface area contributed by atoms with Crippen LogP contribution in [-0.4, -0.2) is 35.0 Å². The van der Waals surface area contributed by atoms with Gasteiger partial charge < -0.3 is 27.9 Å². The van der Waals surface area contributed by atoms with Crippen LogP contribution in [0.3, 0.4) is 0 Å². The normalized spacial score (nSPS) is 22.9. The standard InChI is InChI=1S/C3H6B2O6/c1-6-4(7-1)10-3-11-5-8-2-9-5/h1-3H2. The first-order valence-corrected chi connectivity index (χ1v) is 3.15. The van der Waals surface area contributed by atoms with Gasteiger partial charge in [0.2, 0.25) is 0 Å². The highest BCUT2D eigenvalue weighted by atomic mass is 16.9. The SMILES string of the molecule is C1OB(OCOB2OCO2)O1. The minimum Gasteiger partial charge on any atom is -0.363 e. The van der Waals surface area contributed by atoms with Crippen LogP contribution in [0, 0.1) is 0 Å². The van der Waals surface area contributed by atoms with Crippen LogP contribution in [0.15, 0.2) is 0 Å². The fourth-order valence-electron chi connectivity index (χ4n) is 0.590. The lowest BCUT2D eigenvalue weighted by atomic mass is 10.2. The zero-order valence-corrected chi connectivity index (χ0v) is 5.73. The van der Waals surface area contributed by atoms with E-state index in [-0.39, 0.29) is 20.4 Å². The number of rotatable bonds is 4. The molecule has 0 spiro atoms. The third-order valence-electron chi connectivity index (χ3n) is 1.22. The van der Waals surface area contributed by atoms with Gasteiger partial charge in [0.1, 0.15) is 20.4 Å². The lowest BCUT2D eigenvalue weighted by Crippen LogP contribution is -2.43. The molecule has 0 aromatic rings. The summed E-state index contributed by atoms with van der Waals surface area (Å²) in [6.07, 6.45) is 0. The topological polar surface area (TPSA) is 55.4 Å². The third kappa shape index (κ3) is 1.92. The number of hydrogen-bond donors (Lipinski definition) is 0. The molecule has 0 aromatic carbocycles. The van der Waals surface area contributed by atoms with Crippen molar-refractivity contribution in [2.75, 3.05) is 20.4 Å². The molecule has 0 radical (unpaired) electrons. The summed E-state index contributed by atoms with van der Waals surface area (Å²) in [7, 11) is -1.18. The molecule has 0 aromatic heterocycles. The van der Waals surface area contributed by atoms with Gasteiger partial charge >= 0.3 is 14.6 Å². The lowest BCUT2D eigenvalue weighted by molar-refractivity contribution is -0.120. The third-order valence-corrected chi connectivity index (χ3v) is 1.22. The molecule has 11 heavy (non-hydrogen) atoms. The number of hydrogen-bond acceptors (Lipinski definition) is 6. The zero-order valence-electron chi connectivity index (χ0n) is 5.73. The van der Waals surface area contributed by atoms with E-state index in [1.807, 2.05) is 0 Å². The van der Waals surface area contributed by atoms with Crippen LogP contribution < -0.4 is 0 Å². The molecule has 2 fully saturated rings. The molecule has 0 aliphatic carbocycles. The van der Waals surface area contributed by atoms with Crippen LogP contribution in [0.25, 0.3) is 0 Å². The summed E-state index contributed by atoms with van der Waals surface area (Å²) in [5.41, 5.74) is 0. The monoisotopic (exact) mass is 160 g/mol. The van der Waals surface area contributed by atoms with E-state index in [0.29, 0.717) is 0 Å². The van der Waals surface area contributed by atoms with Gasteiger partial charge in [0.25, 0.3) is 0 Å². The molecule has 0 unspecified atom stereocenters. The highest BCUT2D eigenvalue weighted by molar-refractivity contribution is 6.39. The summed E-state index contributed by atoms with van der Waals surface area (Å²) in [6.45, 7) is 0.595. The van der Waals surface area contributed by atoms with E-state index in [4.69, 9.17) is 27.9 Å². The maximum absolute atomic E-state index is 4.86. The zero-order chi connectivity index (χ0) is 7.52. The highest BCUT2D eigenvalue weighted by Gasteiger charge is 2.33. The molecule has 6 nitrogen and oxygen atoms in total. The summed E-state index contributed by atoms with van der Waals surface area (Å²) in [5.74, 6) is 0. The van der Waals surface area contributed by atoms with Gasteiger partial charge in [-0.15, -0.1) is 0 Å². The first-order chi connectivity index (χ1) is 5.45. The molecule has 0 amide bonds. The Labute approximate surface area is 64.0 Å². The van der Waals surface area contributed by atoms with Crippen LogP contribution in [0.5, 0.6) is 0 Å². The first kappa shape index (κ1) is 7.53. The van der Waals surface area contributed by atoms with Crippen molar-refractivity contribution in [3.05, 3.63) is 0 Å². The van der Waals surface area contributed by atoms with E-state index in [9.17, 15) is 0 Å². The van der Waals surface area contributed by atoms with E-state index in [1.165, 1.54) is 0 Å². The van der Waals surface area contributed by atoms with Gasteiger partial charge in [-0.2, -0.15) is 0 Å². The lowest BCUT2D eigenvalue weighted by Gasteiger charge is -2.24. The molecule has 60 valence electrons. The van der Waals surface area contributed by atoms with Gasteiger partial charge in [-0.3, -0.25) is 0 Å². The Morgan fingerprint density at radius 1 is 0.909 bits per heavy atom. The average Bonchev–Trinajstić information content (AvgIpc) is 1.79. The molecular formula is C3H6B2O6. The first-order valence-electron chi connectivity index (χ1n) is 3.15. The minimum absolute atomic E-state index is 0.0370. The smallest absolute Gasteiger partial charge is 0.363 e. The van der Waals surface area contributed by atoms with Crippen molar-refractivity contribution in [2.24, 2.45) is 0 Å². The van der Waals surface area contributed by atoms with Crippen molar-refractivity contribution < 1.29 is 27.9 Å². The van der Waals surface area contributed by atoms with Gasteiger partial charge in [0, 0.05) is 0 Å². The Hall–Kier alpha value is -0.110. The van der Waals surface area contributed by atoms with Crippen molar-refractivity contribution in [3.63, 3.8) is 0 Å². The van der Waals surface area contributed by atoms with Crippen molar-refractivity contribution in [1.29, 1.82) is 0 Å². The van der Waals surface area contributed by atoms with Gasteiger partial charge in [-0.05, 0) is 0 Å². The molecular weight excluding hydrogens is 154 g/mol. The van der Waals surface area contributed by atoms with Gasteiger partial charge in [0.05, 0.1) is 0 Å². The van der Waals surface area contributed by atoms with Crippen LogP contribution in [-0.2, 0) is 27.9 Å². The molecule has 2 rings (SSSR count). The molecule has 8 heteroatoms. The largest absolute Gasteiger partial charge is 0.644 e. The fourth-order valence-corrected chi connectivity index (χ4v) is 0.590. The molecule has 0 bridgehead atoms. The Bertz CT molecular complexity index is 111. The second kappa shape index (κ2) is 3.53. The van der Waals surface area contributed by atoms with Gasteiger partial charge in [-0.25, -0.2) is 0 Å². The van der Waals surface area contributed by atoms with Crippen molar-refractivity contribution in [2.45, 2.75) is 0 Å². The predicted octanol–water partition coefficient (Wildman–Crippen LogP) is -1.04. The molecule has 0 atom stereocenters. The van der Waals surface area contributed by atoms with E-state index in [0.717, 1.165) is 0 Å². The summed E-state index contributed by atoms with van der Waals surface area (Å²) < 4.78 is 28.7. The summed E-state index contributed by atoms with van der Waals surface area (Å²) in [4.78, 5) is 0. The fraction of sp³-hybridized carbons (Fsp3) is 1.00. The van der Waals surface area contributed by atoms with E-state index >= 15 is 0 Å². The molecule has 0 saturated carbocycles. The van der Waals surface area contributed by atoms with E-state index in [2.05, 4.69) is 0 Å². The Morgan fingerprint density at radius 2 is 1.36 bits per heavy atom. The van der Waals surface area contributed by atoms with Crippen LogP contribution in [0.1, 0.15) is 0 Å². The maximum Gasteiger partial charge on any atom is 0.644 e. The Morgan fingerprint density at radius 3 is 1.64 bits per heavy atom. The summed E-state index contributed by atoms with van der Waals surface area (Å²) in [6, 6.07) is 0. The quantitative estimate of drug-likeness (QED) is 0.386. The second-order valence-electron chi connectivity index (χ2n) is 1.93. The maximum atomic E-state index is 4.86. The minimum atomic E-state index is -0.588. The predicted molar refractivity (Wildman–Crippen MR) is 32.6 cm³/mol. The van der Waals surface area contributed by atoms with E-state index in [1.54, 1.807) is 0 Å². The van der Waals surface area contributed by atoms with Gasteiger partial charge in [-0.1, -0.05) is 0 Å². The van der Waals surface area contributed by atoms with E-state index < -0.39 is 14.6 Å². The highest BCUT2D eigenvalue weighted by Crippen LogP contribution is 2.06. The summed E-state index contributed by atoms with van der Waals surface area (Å²) in [5, 5.41) is 0. The van der Waals surface area contributed by atoms with Crippen LogP contribution in [0.2, 0.25) is 0 Å². The molecule has 2 aliphatic rings. The Balaban J connectivity index is 1.46. The molecule has 2 aliphatic heterocycles. The van der Waals surface area contributed by atoms with Crippen LogP contribution in [0.4, 0.5) is 0 Å². The summed E-state index contributed by atoms with van der Waals surface area (Å²) >= 11 is 0. The second-order valence-corrected chi connectivity index (χ2v) is 1.93. The molecule has 0 N–H and O–H groups in total. The Kier molecular flexibility index (Phi) is 2.41. The van der Waals surface area contributed by atoms with Crippen LogP contribution >= 0.6 is 0 Å².